The topological polar surface area (TPSA) is 61.5 Å². The summed E-state index contributed by atoms with van der Waals surface area (Å²) in [6.07, 6.45) is 2.66. The third-order valence-electron chi connectivity index (χ3n) is 6.48. The SMILES string of the molecule is CCOc1cc(C(=O)N(C)[C@H](CCN(C)C)c2ccc(C)c3cn[nH]c23)ccc1-c1ccccc1. The van der Waals surface area contributed by atoms with Crippen molar-refractivity contribution >= 4 is 16.8 Å². The smallest absolute Gasteiger partial charge is 0.254 e. The molecule has 182 valence electrons. The Balaban J connectivity index is 1.71. The number of carbonyl (C=O) groups is 1. The van der Waals surface area contributed by atoms with Crippen LogP contribution in [-0.4, -0.2) is 60.2 Å². The van der Waals surface area contributed by atoms with E-state index in [1.165, 1.54) is 0 Å². The lowest BCUT2D eigenvalue weighted by Gasteiger charge is -2.30. The van der Waals surface area contributed by atoms with Gasteiger partial charge in [0.15, 0.2) is 0 Å². The Morgan fingerprint density at radius 3 is 2.54 bits per heavy atom. The molecule has 0 saturated heterocycles. The number of carbonyl (C=O) groups excluding carboxylic acids is 1. The average Bonchev–Trinajstić information content (AvgIpc) is 3.36. The molecule has 1 N–H and O–H groups in total. The highest BCUT2D eigenvalue weighted by atomic mass is 16.5. The fourth-order valence-corrected chi connectivity index (χ4v) is 4.54. The van der Waals surface area contributed by atoms with Crippen molar-refractivity contribution in [1.29, 1.82) is 0 Å². The number of aromatic amines is 1. The molecule has 3 aromatic carbocycles. The number of benzene rings is 3. The Morgan fingerprint density at radius 1 is 1.06 bits per heavy atom. The normalized spacial score (nSPS) is 12.2. The Labute approximate surface area is 207 Å². The minimum atomic E-state index is -0.113. The van der Waals surface area contributed by atoms with Crippen LogP contribution in [0, 0.1) is 6.92 Å². The number of rotatable bonds is 9. The van der Waals surface area contributed by atoms with E-state index in [-0.39, 0.29) is 11.9 Å². The molecule has 1 aromatic heterocycles. The molecule has 6 nitrogen and oxygen atoms in total. The Bertz CT molecular complexity index is 1300. The van der Waals surface area contributed by atoms with Crippen LogP contribution in [0.3, 0.4) is 0 Å². The van der Waals surface area contributed by atoms with E-state index >= 15 is 0 Å². The Morgan fingerprint density at radius 2 is 1.83 bits per heavy atom. The summed E-state index contributed by atoms with van der Waals surface area (Å²) in [6, 6.07) is 20.0. The summed E-state index contributed by atoms with van der Waals surface area (Å²) in [7, 11) is 5.99. The number of hydrogen-bond acceptors (Lipinski definition) is 4. The number of amides is 1. The quantitative estimate of drug-likeness (QED) is 0.341. The molecule has 0 aliphatic heterocycles. The summed E-state index contributed by atoms with van der Waals surface area (Å²) in [5.41, 5.74) is 5.88. The van der Waals surface area contributed by atoms with Crippen LogP contribution in [0.15, 0.2) is 66.9 Å². The molecule has 0 aliphatic rings. The molecule has 4 rings (SSSR count). The molecule has 0 saturated carbocycles. The first-order valence-electron chi connectivity index (χ1n) is 12.1. The van der Waals surface area contributed by atoms with Crippen LogP contribution in [0.4, 0.5) is 0 Å². The zero-order valence-corrected chi connectivity index (χ0v) is 21.2. The first kappa shape index (κ1) is 24.5. The molecule has 0 radical (unpaired) electrons. The number of fused-ring (bicyclic) bond motifs is 1. The number of aryl methyl sites for hydroxylation is 1. The van der Waals surface area contributed by atoms with Gasteiger partial charge in [-0.3, -0.25) is 9.89 Å². The van der Waals surface area contributed by atoms with Crippen molar-refractivity contribution in [2.75, 3.05) is 34.3 Å². The van der Waals surface area contributed by atoms with E-state index in [9.17, 15) is 4.79 Å². The fourth-order valence-electron chi connectivity index (χ4n) is 4.54. The number of ether oxygens (including phenoxy) is 1. The number of nitrogens with zero attached hydrogens (tertiary/aromatic N) is 3. The van der Waals surface area contributed by atoms with Crippen molar-refractivity contribution in [1.82, 2.24) is 20.0 Å². The van der Waals surface area contributed by atoms with Gasteiger partial charge in [-0.2, -0.15) is 5.10 Å². The van der Waals surface area contributed by atoms with E-state index in [1.54, 1.807) is 0 Å². The third-order valence-corrected chi connectivity index (χ3v) is 6.48. The van der Waals surface area contributed by atoms with Gasteiger partial charge in [-0.1, -0.05) is 42.5 Å². The fraction of sp³-hybridized carbons (Fsp3) is 0.310. The first-order valence-corrected chi connectivity index (χ1v) is 12.1. The second-order valence-corrected chi connectivity index (χ2v) is 9.16. The van der Waals surface area contributed by atoms with Crippen molar-refractivity contribution in [2.24, 2.45) is 0 Å². The highest BCUT2D eigenvalue weighted by Crippen LogP contribution is 2.34. The summed E-state index contributed by atoms with van der Waals surface area (Å²) >= 11 is 0. The van der Waals surface area contributed by atoms with Crippen molar-refractivity contribution < 1.29 is 9.53 Å². The van der Waals surface area contributed by atoms with E-state index in [1.807, 2.05) is 61.5 Å². The number of H-pyrrole nitrogens is 1. The van der Waals surface area contributed by atoms with E-state index in [2.05, 4.69) is 60.4 Å². The lowest BCUT2D eigenvalue weighted by atomic mass is 9.96. The Hall–Kier alpha value is -3.64. The molecule has 0 aliphatic carbocycles. The van der Waals surface area contributed by atoms with Crippen molar-refractivity contribution in [2.45, 2.75) is 26.3 Å². The molecule has 0 fully saturated rings. The summed E-state index contributed by atoms with van der Waals surface area (Å²) < 4.78 is 5.96. The maximum Gasteiger partial charge on any atom is 0.254 e. The van der Waals surface area contributed by atoms with Gasteiger partial charge in [-0.25, -0.2) is 0 Å². The van der Waals surface area contributed by atoms with E-state index < -0.39 is 0 Å². The molecule has 1 heterocycles. The van der Waals surface area contributed by atoms with Gasteiger partial charge < -0.3 is 14.5 Å². The summed E-state index contributed by atoms with van der Waals surface area (Å²) in [6.45, 7) is 5.41. The van der Waals surface area contributed by atoms with Gasteiger partial charge in [0.25, 0.3) is 5.91 Å². The van der Waals surface area contributed by atoms with Gasteiger partial charge in [0.2, 0.25) is 0 Å². The van der Waals surface area contributed by atoms with E-state index in [0.29, 0.717) is 17.9 Å². The lowest BCUT2D eigenvalue weighted by Crippen LogP contribution is -2.33. The minimum Gasteiger partial charge on any atom is -0.493 e. The predicted molar refractivity (Wildman–Crippen MR) is 142 cm³/mol. The first-order chi connectivity index (χ1) is 16.9. The summed E-state index contributed by atoms with van der Waals surface area (Å²) in [5.74, 6) is 0.677. The van der Waals surface area contributed by atoms with Crippen molar-refractivity contribution in [3.8, 4) is 16.9 Å². The van der Waals surface area contributed by atoms with Crippen molar-refractivity contribution in [3.05, 3.63) is 83.6 Å². The average molecular weight is 471 g/mol. The van der Waals surface area contributed by atoms with Gasteiger partial charge in [0, 0.05) is 29.1 Å². The lowest BCUT2D eigenvalue weighted by molar-refractivity contribution is 0.0716. The van der Waals surface area contributed by atoms with Crippen LogP contribution in [0.25, 0.3) is 22.0 Å². The maximum atomic E-state index is 13.8. The third kappa shape index (κ3) is 5.23. The van der Waals surface area contributed by atoms with Crippen molar-refractivity contribution in [3.63, 3.8) is 0 Å². The number of hydrogen-bond donors (Lipinski definition) is 1. The monoisotopic (exact) mass is 470 g/mol. The molecule has 0 bridgehead atoms. The molecular weight excluding hydrogens is 436 g/mol. The Kier molecular flexibility index (Phi) is 7.51. The van der Waals surface area contributed by atoms with Crippen LogP contribution in [0.1, 0.15) is 40.9 Å². The number of nitrogens with one attached hydrogen (secondary N) is 1. The molecule has 6 heteroatoms. The molecule has 4 aromatic rings. The van der Waals surface area contributed by atoms with Gasteiger partial charge >= 0.3 is 0 Å². The van der Waals surface area contributed by atoms with Gasteiger partial charge in [-0.15, -0.1) is 0 Å². The van der Waals surface area contributed by atoms with E-state index in [0.717, 1.165) is 46.1 Å². The highest BCUT2D eigenvalue weighted by molar-refractivity contribution is 5.96. The molecule has 35 heavy (non-hydrogen) atoms. The molecule has 0 spiro atoms. The predicted octanol–water partition coefficient (Wildman–Crippen LogP) is 5.70. The standard InChI is InChI=1S/C29H34N4O2/c1-6-35-27-18-22(13-15-23(27)21-10-8-7-9-11-21)29(34)33(5)26(16-17-32(3)4)24-14-12-20(2)25-19-30-31-28(24)25/h7-15,18-19,26H,6,16-17H2,1-5H3,(H,30,31)/t26-/m1/s1. The number of aromatic nitrogens is 2. The van der Waals surface area contributed by atoms with Crippen LogP contribution in [0.2, 0.25) is 0 Å². The molecule has 0 unspecified atom stereocenters. The molecule has 1 atom stereocenters. The molecule has 1 amide bonds. The minimum absolute atomic E-state index is 0.0393. The molecular formula is C29H34N4O2. The van der Waals surface area contributed by atoms with Crippen LogP contribution in [-0.2, 0) is 0 Å². The van der Waals surface area contributed by atoms with Gasteiger partial charge in [0.05, 0.1) is 24.4 Å². The summed E-state index contributed by atoms with van der Waals surface area (Å²) in [5, 5.41) is 8.53. The highest BCUT2D eigenvalue weighted by Gasteiger charge is 2.26. The van der Waals surface area contributed by atoms with Crippen LogP contribution >= 0.6 is 0 Å². The zero-order valence-electron chi connectivity index (χ0n) is 21.2. The maximum absolute atomic E-state index is 13.8. The largest absolute Gasteiger partial charge is 0.493 e. The van der Waals surface area contributed by atoms with E-state index in [4.69, 9.17) is 4.74 Å². The second kappa shape index (κ2) is 10.7. The second-order valence-electron chi connectivity index (χ2n) is 9.16. The van der Waals surface area contributed by atoms with Gasteiger partial charge in [-0.05, 0) is 70.2 Å². The van der Waals surface area contributed by atoms with Crippen LogP contribution in [0.5, 0.6) is 5.75 Å². The summed E-state index contributed by atoms with van der Waals surface area (Å²) in [4.78, 5) is 17.8. The van der Waals surface area contributed by atoms with Gasteiger partial charge in [0.1, 0.15) is 5.75 Å². The zero-order chi connectivity index (χ0) is 24.9. The van der Waals surface area contributed by atoms with Crippen LogP contribution < -0.4 is 4.74 Å².